The zero-order valence-electron chi connectivity index (χ0n) is 17.5. The third-order valence-electron chi connectivity index (χ3n) is 4.92. The van der Waals surface area contributed by atoms with E-state index >= 15 is 0 Å². The SMILES string of the molecule is CNC(=O)c1cc2cc(Cl)ccc2c(Cl)c1NC(=O)c1cc(C(F)(F)F)nn1-c1ncccc1Cl. The van der Waals surface area contributed by atoms with Crippen LogP contribution in [0.2, 0.25) is 15.1 Å². The van der Waals surface area contributed by atoms with E-state index < -0.39 is 29.4 Å². The smallest absolute Gasteiger partial charge is 0.355 e. The lowest BCUT2D eigenvalue weighted by molar-refractivity contribution is -0.141. The number of carbonyl (C=O) groups is 2. The molecule has 4 rings (SSSR count). The number of nitrogens with zero attached hydrogens (tertiary/aromatic N) is 3. The Hall–Kier alpha value is -3.34. The van der Waals surface area contributed by atoms with E-state index in [1.54, 1.807) is 18.2 Å². The molecule has 0 aliphatic heterocycles. The van der Waals surface area contributed by atoms with Crippen LogP contribution in [0.4, 0.5) is 18.9 Å². The highest BCUT2D eigenvalue weighted by atomic mass is 35.5. The van der Waals surface area contributed by atoms with E-state index in [0.29, 0.717) is 26.5 Å². The molecule has 2 aromatic heterocycles. The molecule has 0 fully saturated rings. The highest BCUT2D eigenvalue weighted by molar-refractivity contribution is 6.40. The minimum atomic E-state index is -4.85. The van der Waals surface area contributed by atoms with Gasteiger partial charge in [0.1, 0.15) is 5.69 Å². The molecule has 7 nitrogen and oxygen atoms in total. The van der Waals surface area contributed by atoms with Crippen molar-refractivity contribution in [2.24, 2.45) is 0 Å². The van der Waals surface area contributed by atoms with Crippen LogP contribution in [0, 0.1) is 0 Å². The third-order valence-corrected chi connectivity index (χ3v) is 5.84. The van der Waals surface area contributed by atoms with Crippen LogP contribution >= 0.6 is 34.8 Å². The van der Waals surface area contributed by atoms with Crippen molar-refractivity contribution < 1.29 is 22.8 Å². The number of hydrogen-bond donors (Lipinski definition) is 2. The van der Waals surface area contributed by atoms with Crippen molar-refractivity contribution >= 4 is 63.1 Å². The minimum absolute atomic E-state index is 0.0101. The highest BCUT2D eigenvalue weighted by Crippen LogP contribution is 2.37. The molecule has 2 N–H and O–H groups in total. The monoisotopic (exact) mass is 541 g/mol. The molecule has 13 heteroatoms. The second kappa shape index (κ2) is 9.37. The number of alkyl halides is 3. The maximum atomic E-state index is 13.4. The van der Waals surface area contributed by atoms with E-state index in [4.69, 9.17) is 34.8 Å². The number of amides is 2. The van der Waals surface area contributed by atoms with Gasteiger partial charge in [-0.2, -0.15) is 18.3 Å². The molecule has 0 saturated heterocycles. The second-order valence-electron chi connectivity index (χ2n) is 7.15. The maximum absolute atomic E-state index is 13.4. The normalized spacial score (nSPS) is 11.5. The number of rotatable bonds is 4. The van der Waals surface area contributed by atoms with Gasteiger partial charge in [-0.25, -0.2) is 9.67 Å². The van der Waals surface area contributed by atoms with E-state index in [2.05, 4.69) is 20.7 Å². The van der Waals surface area contributed by atoms with Crippen molar-refractivity contribution in [2.75, 3.05) is 12.4 Å². The Bertz CT molecular complexity index is 1490. The molecule has 4 aromatic rings. The highest BCUT2D eigenvalue weighted by Gasteiger charge is 2.37. The fourth-order valence-electron chi connectivity index (χ4n) is 3.32. The first-order valence-corrected chi connectivity index (χ1v) is 10.9. The molecular weight excluding hydrogens is 530 g/mol. The number of aromatic nitrogens is 3. The number of anilines is 1. The molecule has 0 radical (unpaired) electrons. The molecule has 0 unspecified atom stereocenters. The number of halogens is 6. The van der Waals surface area contributed by atoms with Crippen LogP contribution < -0.4 is 10.6 Å². The van der Waals surface area contributed by atoms with Crippen molar-refractivity contribution in [2.45, 2.75) is 6.18 Å². The Morgan fingerprint density at radius 3 is 2.43 bits per heavy atom. The van der Waals surface area contributed by atoms with Gasteiger partial charge in [0, 0.05) is 29.7 Å². The number of carbonyl (C=O) groups excluding carboxylic acids is 2. The van der Waals surface area contributed by atoms with Crippen molar-refractivity contribution in [1.82, 2.24) is 20.1 Å². The predicted octanol–water partition coefficient (Wildman–Crippen LogP) is 6.01. The third kappa shape index (κ3) is 4.77. The summed E-state index contributed by atoms with van der Waals surface area (Å²) in [6.07, 6.45) is -3.57. The summed E-state index contributed by atoms with van der Waals surface area (Å²) in [7, 11) is 1.37. The summed E-state index contributed by atoms with van der Waals surface area (Å²) in [4.78, 5) is 29.7. The fourth-order valence-corrected chi connectivity index (χ4v) is 4.03. The summed E-state index contributed by atoms with van der Waals surface area (Å²) >= 11 is 18.6. The van der Waals surface area contributed by atoms with Gasteiger partial charge >= 0.3 is 6.18 Å². The number of benzene rings is 2. The van der Waals surface area contributed by atoms with E-state index in [1.807, 2.05) is 0 Å². The van der Waals surface area contributed by atoms with E-state index in [1.165, 1.54) is 31.4 Å². The zero-order chi connectivity index (χ0) is 25.5. The summed E-state index contributed by atoms with van der Waals surface area (Å²) in [5.41, 5.74) is -2.01. The van der Waals surface area contributed by atoms with Gasteiger partial charge in [0.25, 0.3) is 11.8 Å². The van der Waals surface area contributed by atoms with Crippen molar-refractivity contribution in [1.29, 1.82) is 0 Å². The van der Waals surface area contributed by atoms with E-state index in [9.17, 15) is 22.8 Å². The van der Waals surface area contributed by atoms with Crippen molar-refractivity contribution in [3.8, 4) is 5.82 Å². The molecule has 0 saturated carbocycles. The molecular formula is C22H13Cl3F3N5O2. The van der Waals surface area contributed by atoms with Gasteiger partial charge in [-0.1, -0.05) is 40.9 Å². The molecule has 0 bridgehead atoms. The van der Waals surface area contributed by atoms with E-state index in [0.717, 1.165) is 0 Å². The molecule has 2 amide bonds. The minimum Gasteiger partial charge on any atom is -0.355 e. The van der Waals surface area contributed by atoms with Crippen LogP contribution in [0.5, 0.6) is 0 Å². The van der Waals surface area contributed by atoms with Gasteiger partial charge in [0.2, 0.25) is 0 Å². The maximum Gasteiger partial charge on any atom is 0.435 e. The van der Waals surface area contributed by atoms with Gasteiger partial charge in [0.15, 0.2) is 11.5 Å². The lowest BCUT2D eigenvalue weighted by Gasteiger charge is -2.15. The van der Waals surface area contributed by atoms with Crippen LogP contribution in [0.3, 0.4) is 0 Å². The molecule has 180 valence electrons. The average Bonchev–Trinajstić information content (AvgIpc) is 3.26. The molecule has 0 aliphatic rings. The van der Waals surface area contributed by atoms with Crippen LogP contribution in [-0.4, -0.2) is 33.6 Å². The van der Waals surface area contributed by atoms with Crippen LogP contribution in [0.1, 0.15) is 26.5 Å². The number of fused-ring (bicyclic) bond motifs is 1. The van der Waals surface area contributed by atoms with Crippen LogP contribution in [0.25, 0.3) is 16.6 Å². The first-order valence-electron chi connectivity index (χ1n) is 9.74. The summed E-state index contributed by atoms with van der Waals surface area (Å²) in [6, 6.07) is 9.59. The van der Waals surface area contributed by atoms with E-state index in [-0.39, 0.29) is 27.1 Å². The Labute approximate surface area is 210 Å². The van der Waals surface area contributed by atoms with Gasteiger partial charge in [0.05, 0.1) is 21.3 Å². The van der Waals surface area contributed by atoms with Gasteiger partial charge < -0.3 is 10.6 Å². The summed E-state index contributed by atoms with van der Waals surface area (Å²) in [6.45, 7) is 0. The molecule has 0 spiro atoms. The quantitative estimate of drug-likeness (QED) is 0.330. The second-order valence-corrected chi connectivity index (χ2v) is 8.37. The molecule has 0 aliphatic carbocycles. The lowest BCUT2D eigenvalue weighted by atomic mass is 10.0. The predicted molar refractivity (Wildman–Crippen MR) is 127 cm³/mol. The van der Waals surface area contributed by atoms with Gasteiger partial charge in [-0.05, 0) is 35.7 Å². The molecule has 35 heavy (non-hydrogen) atoms. The average molecular weight is 543 g/mol. The zero-order valence-corrected chi connectivity index (χ0v) is 19.8. The Morgan fingerprint density at radius 1 is 1.03 bits per heavy atom. The number of pyridine rings is 1. The standard InChI is InChI=1S/C22H13Cl3F3N5O2/c1-29-20(34)13-8-10-7-11(23)4-5-12(10)17(25)18(13)31-21(35)15-9-16(22(26,27)28)32-33(15)19-14(24)3-2-6-30-19/h2-9H,1H3,(H,29,34)(H,31,35). The molecule has 2 heterocycles. The van der Waals surface area contributed by atoms with Crippen LogP contribution in [0.15, 0.2) is 48.7 Å². The van der Waals surface area contributed by atoms with Crippen molar-refractivity contribution in [3.63, 3.8) is 0 Å². The fraction of sp³-hybridized carbons (Fsp3) is 0.0909. The largest absolute Gasteiger partial charge is 0.435 e. The number of nitrogens with one attached hydrogen (secondary N) is 2. The summed E-state index contributed by atoms with van der Waals surface area (Å²) < 4.78 is 41.0. The number of hydrogen-bond acceptors (Lipinski definition) is 4. The summed E-state index contributed by atoms with van der Waals surface area (Å²) in [5.74, 6) is -1.82. The van der Waals surface area contributed by atoms with Gasteiger partial charge in [-0.15, -0.1) is 0 Å². The Kier molecular flexibility index (Phi) is 6.63. The Balaban J connectivity index is 1.87. The molecule has 2 aromatic carbocycles. The lowest BCUT2D eigenvalue weighted by Crippen LogP contribution is -2.23. The molecule has 0 atom stereocenters. The first kappa shape index (κ1) is 24.8. The van der Waals surface area contributed by atoms with Gasteiger partial charge in [-0.3, -0.25) is 9.59 Å². The summed E-state index contributed by atoms with van der Waals surface area (Å²) in [5, 5.41) is 9.69. The van der Waals surface area contributed by atoms with Crippen LogP contribution in [-0.2, 0) is 6.18 Å². The first-order chi connectivity index (χ1) is 16.5. The Morgan fingerprint density at radius 2 is 1.77 bits per heavy atom. The topological polar surface area (TPSA) is 88.9 Å². The van der Waals surface area contributed by atoms with Crippen molar-refractivity contribution in [3.05, 3.63) is 80.7 Å².